The first-order valence-corrected chi connectivity index (χ1v) is 3.79. The molecule has 4 heteroatoms. The second-order valence-corrected chi connectivity index (χ2v) is 2.85. The van der Waals surface area contributed by atoms with E-state index in [-0.39, 0.29) is 11.3 Å². The molecule has 13 heavy (non-hydrogen) atoms. The standard InChI is InChI=1S/C9H10O4/c1-4-6(3)13-9(12)7(5(2)10)8(4)11/h11H,1-3H3. The molecule has 0 aromatic carbocycles. The number of carbonyl (C=O) groups excluding carboxylic acids is 1. The van der Waals surface area contributed by atoms with Gasteiger partial charge in [-0.05, 0) is 20.8 Å². The zero-order chi connectivity index (χ0) is 10.2. The van der Waals surface area contributed by atoms with Crippen LogP contribution in [0.1, 0.15) is 28.6 Å². The molecule has 70 valence electrons. The summed E-state index contributed by atoms with van der Waals surface area (Å²) in [4.78, 5) is 22.0. The third-order valence-corrected chi connectivity index (χ3v) is 1.92. The van der Waals surface area contributed by atoms with Gasteiger partial charge in [0.2, 0.25) is 0 Å². The zero-order valence-electron chi connectivity index (χ0n) is 7.67. The highest BCUT2D eigenvalue weighted by Crippen LogP contribution is 2.21. The molecule has 0 atom stereocenters. The Morgan fingerprint density at radius 2 is 1.92 bits per heavy atom. The number of hydrogen-bond acceptors (Lipinski definition) is 4. The van der Waals surface area contributed by atoms with Crippen LogP contribution in [0.25, 0.3) is 0 Å². The van der Waals surface area contributed by atoms with E-state index in [0.717, 1.165) is 0 Å². The van der Waals surface area contributed by atoms with Crippen LogP contribution < -0.4 is 5.63 Å². The largest absolute Gasteiger partial charge is 0.507 e. The van der Waals surface area contributed by atoms with Crippen molar-refractivity contribution < 1.29 is 14.3 Å². The lowest BCUT2D eigenvalue weighted by Gasteiger charge is -2.04. The van der Waals surface area contributed by atoms with Crippen molar-refractivity contribution in [1.29, 1.82) is 0 Å². The van der Waals surface area contributed by atoms with Gasteiger partial charge < -0.3 is 9.52 Å². The summed E-state index contributed by atoms with van der Waals surface area (Å²) in [5, 5.41) is 9.45. The molecule has 0 amide bonds. The fourth-order valence-corrected chi connectivity index (χ4v) is 1.03. The Bertz CT molecular complexity index is 414. The average molecular weight is 182 g/mol. The van der Waals surface area contributed by atoms with E-state index in [1.165, 1.54) is 6.92 Å². The van der Waals surface area contributed by atoms with Gasteiger partial charge in [0.05, 0.1) is 0 Å². The van der Waals surface area contributed by atoms with E-state index in [2.05, 4.69) is 0 Å². The first-order chi connectivity index (χ1) is 5.95. The number of rotatable bonds is 1. The van der Waals surface area contributed by atoms with Crippen LogP contribution in [0.4, 0.5) is 0 Å². The minimum Gasteiger partial charge on any atom is -0.507 e. The molecule has 1 rings (SSSR count). The highest BCUT2D eigenvalue weighted by molar-refractivity contribution is 5.96. The number of ketones is 1. The van der Waals surface area contributed by atoms with E-state index in [4.69, 9.17) is 4.42 Å². The Hall–Kier alpha value is -1.58. The van der Waals surface area contributed by atoms with Crippen molar-refractivity contribution in [3.8, 4) is 5.75 Å². The maximum absolute atomic E-state index is 11.1. The predicted molar refractivity (Wildman–Crippen MR) is 46.1 cm³/mol. The first kappa shape index (κ1) is 9.51. The van der Waals surface area contributed by atoms with Gasteiger partial charge in [-0.1, -0.05) is 0 Å². The normalized spacial score (nSPS) is 10.1. The summed E-state index contributed by atoms with van der Waals surface area (Å²) in [7, 11) is 0. The summed E-state index contributed by atoms with van der Waals surface area (Å²) in [6.07, 6.45) is 0. The zero-order valence-corrected chi connectivity index (χ0v) is 7.67. The van der Waals surface area contributed by atoms with Gasteiger partial charge in [-0.3, -0.25) is 4.79 Å². The Kier molecular flexibility index (Phi) is 2.23. The number of hydrogen-bond donors (Lipinski definition) is 1. The monoisotopic (exact) mass is 182 g/mol. The summed E-state index contributed by atoms with van der Waals surface area (Å²) in [5.41, 5.74) is -0.638. The molecule has 0 saturated heterocycles. The molecule has 0 spiro atoms. The predicted octanol–water partition coefficient (Wildman–Crippen LogP) is 1.16. The Morgan fingerprint density at radius 3 is 2.38 bits per heavy atom. The van der Waals surface area contributed by atoms with Gasteiger partial charge in [0, 0.05) is 5.56 Å². The number of aromatic hydroxyl groups is 1. The molecule has 0 saturated carbocycles. The first-order valence-electron chi connectivity index (χ1n) is 3.79. The highest BCUT2D eigenvalue weighted by Gasteiger charge is 2.17. The third kappa shape index (κ3) is 1.47. The smallest absolute Gasteiger partial charge is 0.350 e. The fourth-order valence-electron chi connectivity index (χ4n) is 1.03. The van der Waals surface area contributed by atoms with E-state index in [1.54, 1.807) is 13.8 Å². The molecule has 1 aromatic rings. The Morgan fingerprint density at radius 1 is 1.38 bits per heavy atom. The van der Waals surface area contributed by atoms with E-state index < -0.39 is 11.4 Å². The lowest BCUT2D eigenvalue weighted by molar-refractivity contribution is 0.101. The Balaban J connectivity index is 3.63. The lowest BCUT2D eigenvalue weighted by Crippen LogP contribution is -2.13. The van der Waals surface area contributed by atoms with Crippen molar-refractivity contribution >= 4 is 5.78 Å². The van der Waals surface area contributed by atoms with Gasteiger partial charge in [0.1, 0.15) is 17.1 Å². The van der Waals surface area contributed by atoms with Gasteiger partial charge in [0.25, 0.3) is 0 Å². The van der Waals surface area contributed by atoms with Crippen molar-refractivity contribution in [1.82, 2.24) is 0 Å². The summed E-state index contributed by atoms with van der Waals surface area (Å²) in [6, 6.07) is 0. The van der Waals surface area contributed by atoms with Crippen molar-refractivity contribution in [2.45, 2.75) is 20.8 Å². The lowest BCUT2D eigenvalue weighted by atomic mass is 10.1. The highest BCUT2D eigenvalue weighted by atomic mass is 16.4. The summed E-state index contributed by atoms with van der Waals surface area (Å²) in [5.74, 6) is -0.442. The van der Waals surface area contributed by atoms with Crippen LogP contribution in [0.3, 0.4) is 0 Å². The molecule has 1 N–H and O–H groups in total. The number of carbonyl (C=O) groups is 1. The van der Waals surface area contributed by atoms with Crippen molar-refractivity contribution in [3.05, 3.63) is 27.3 Å². The SMILES string of the molecule is CC(=O)c1c(O)c(C)c(C)oc1=O. The van der Waals surface area contributed by atoms with Crippen molar-refractivity contribution in [3.63, 3.8) is 0 Å². The molecular formula is C9H10O4. The molecule has 1 heterocycles. The molecular weight excluding hydrogens is 172 g/mol. The average Bonchev–Trinajstić information content (AvgIpc) is 1.99. The van der Waals surface area contributed by atoms with Crippen LogP contribution in [0.5, 0.6) is 5.75 Å². The van der Waals surface area contributed by atoms with Gasteiger partial charge in [0.15, 0.2) is 5.78 Å². The van der Waals surface area contributed by atoms with Crippen LogP contribution in [-0.4, -0.2) is 10.9 Å². The third-order valence-electron chi connectivity index (χ3n) is 1.92. The molecule has 4 nitrogen and oxygen atoms in total. The maximum atomic E-state index is 11.1. The van der Waals surface area contributed by atoms with E-state index in [0.29, 0.717) is 11.3 Å². The van der Waals surface area contributed by atoms with E-state index >= 15 is 0 Å². The summed E-state index contributed by atoms with van der Waals surface area (Å²) >= 11 is 0. The number of Topliss-reactive ketones (excluding diaryl/α,β-unsaturated/α-hetero) is 1. The summed E-state index contributed by atoms with van der Waals surface area (Å²) in [6.45, 7) is 4.35. The van der Waals surface area contributed by atoms with Gasteiger partial charge >= 0.3 is 5.63 Å². The van der Waals surface area contributed by atoms with Gasteiger partial charge in [-0.15, -0.1) is 0 Å². The van der Waals surface area contributed by atoms with Crippen molar-refractivity contribution in [2.24, 2.45) is 0 Å². The van der Waals surface area contributed by atoms with Crippen LogP contribution in [0.15, 0.2) is 9.21 Å². The van der Waals surface area contributed by atoms with Gasteiger partial charge in [-0.25, -0.2) is 4.79 Å². The molecule has 0 radical (unpaired) electrons. The summed E-state index contributed by atoms with van der Waals surface area (Å²) < 4.78 is 4.74. The molecule has 0 unspecified atom stereocenters. The molecule has 0 aliphatic carbocycles. The fraction of sp³-hybridized carbons (Fsp3) is 0.333. The quantitative estimate of drug-likeness (QED) is 0.662. The topological polar surface area (TPSA) is 67.5 Å². The number of aryl methyl sites for hydroxylation is 1. The van der Waals surface area contributed by atoms with Crippen LogP contribution in [0.2, 0.25) is 0 Å². The van der Waals surface area contributed by atoms with Crippen molar-refractivity contribution in [2.75, 3.05) is 0 Å². The minimum absolute atomic E-state index is 0.275. The van der Waals surface area contributed by atoms with Crippen LogP contribution >= 0.6 is 0 Å². The van der Waals surface area contributed by atoms with Crippen LogP contribution in [-0.2, 0) is 0 Å². The van der Waals surface area contributed by atoms with Crippen LogP contribution in [0, 0.1) is 13.8 Å². The molecule has 0 fully saturated rings. The molecule has 0 bridgehead atoms. The Labute approximate surface area is 74.8 Å². The van der Waals surface area contributed by atoms with Gasteiger partial charge in [-0.2, -0.15) is 0 Å². The molecule has 0 aliphatic heterocycles. The van der Waals surface area contributed by atoms with E-state index in [9.17, 15) is 14.7 Å². The van der Waals surface area contributed by atoms with E-state index in [1.807, 2.05) is 0 Å². The second kappa shape index (κ2) is 3.05. The molecule has 0 aliphatic rings. The molecule has 1 aromatic heterocycles. The maximum Gasteiger partial charge on any atom is 0.350 e. The minimum atomic E-state index is -0.784. The second-order valence-electron chi connectivity index (χ2n) is 2.85.